The molecule has 0 aromatic carbocycles. The molecule has 6 heteroatoms. The number of hydrogen-bond donors (Lipinski definition) is 4. The van der Waals surface area contributed by atoms with Gasteiger partial charge in [0.1, 0.15) is 0 Å². The Bertz CT molecular complexity index is 283. The SMILES string of the molecule is CCCCCCCC/C=C\CCCCCCCC(N)=O.OB(O)O. The van der Waals surface area contributed by atoms with Gasteiger partial charge in [-0.3, -0.25) is 4.79 Å². The van der Waals surface area contributed by atoms with Crippen LogP contribution >= 0.6 is 0 Å². The van der Waals surface area contributed by atoms with Gasteiger partial charge < -0.3 is 20.8 Å². The van der Waals surface area contributed by atoms with E-state index in [4.69, 9.17) is 20.8 Å². The predicted octanol–water partition coefficient (Wildman–Crippen LogP) is 3.46. The summed E-state index contributed by atoms with van der Waals surface area (Å²) in [6.07, 6.45) is 21.9. The van der Waals surface area contributed by atoms with Crippen LogP contribution in [0.3, 0.4) is 0 Å². The number of rotatable bonds is 15. The zero-order chi connectivity index (χ0) is 18.5. The van der Waals surface area contributed by atoms with E-state index in [2.05, 4.69) is 19.1 Å². The largest absolute Gasteiger partial charge is 0.631 e. The van der Waals surface area contributed by atoms with E-state index in [1.54, 1.807) is 0 Å². The van der Waals surface area contributed by atoms with E-state index >= 15 is 0 Å². The minimum Gasteiger partial charge on any atom is -0.402 e. The van der Waals surface area contributed by atoms with E-state index < -0.39 is 7.32 Å². The van der Waals surface area contributed by atoms with Gasteiger partial charge in [-0.1, -0.05) is 70.4 Å². The number of allylic oxidation sites excluding steroid dienone is 2. The molecule has 0 aromatic rings. The minimum atomic E-state index is -2.17. The lowest BCUT2D eigenvalue weighted by Crippen LogP contribution is -2.09. The summed E-state index contributed by atoms with van der Waals surface area (Å²) in [5.41, 5.74) is 5.10. The van der Waals surface area contributed by atoms with Gasteiger partial charge in [0.2, 0.25) is 5.91 Å². The summed E-state index contributed by atoms with van der Waals surface area (Å²) in [5.74, 6) is -0.164. The molecule has 0 aliphatic rings. The maximum absolute atomic E-state index is 10.5. The molecule has 0 aliphatic carbocycles. The predicted molar refractivity (Wildman–Crippen MR) is 101 cm³/mol. The molecule has 0 radical (unpaired) electrons. The molecular formula is C18H38BNO4. The van der Waals surface area contributed by atoms with Crippen LogP contribution in [0, 0.1) is 0 Å². The van der Waals surface area contributed by atoms with Gasteiger partial charge in [-0.25, -0.2) is 0 Å². The Morgan fingerprint density at radius 1 is 0.792 bits per heavy atom. The van der Waals surface area contributed by atoms with E-state index in [0.29, 0.717) is 6.42 Å². The molecule has 1 amide bonds. The Kier molecular flexibility index (Phi) is 23.4. The zero-order valence-corrected chi connectivity index (χ0v) is 15.5. The Morgan fingerprint density at radius 3 is 1.58 bits per heavy atom. The van der Waals surface area contributed by atoms with Gasteiger partial charge in [-0.15, -0.1) is 0 Å². The first-order chi connectivity index (χ1) is 11.5. The van der Waals surface area contributed by atoms with Crippen molar-refractivity contribution in [3.05, 3.63) is 12.2 Å². The molecule has 0 aliphatic heterocycles. The summed E-state index contributed by atoms with van der Waals surface area (Å²) in [5, 5.41) is 21.5. The molecule has 0 unspecified atom stereocenters. The van der Waals surface area contributed by atoms with Crippen molar-refractivity contribution in [1.29, 1.82) is 0 Å². The molecule has 0 bridgehead atoms. The van der Waals surface area contributed by atoms with Crippen LogP contribution in [0.2, 0.25) is 0 Å². The molecule has 0 fully saturated rings. The number of carbonyl (C=O) groups excluding carboxylic acids is 1. The van der Waals surface area contributed by atoms with Crippen molar-refractivity contribution in [2.75, 3.05) is 0 Å². The van der Waals surface area contributed by atoms with Crippen LogP contribution in [0.4, 0.5) is 0 Å². The molecule has 5 N–H and O–H groups in total. The van der Waals surface area contributed by atoms with Crippen LogP contribution in [-0.4, -0.2) is 28.3 Å². The first-order valence-corrected chi connectivity index (χ1v) is 9.48. The third-order valence-electron chi connectivity index (χ3n) is 3.68. The third kappa shape index (κ3) is 32.9. The third-order valence-corrected chi connectivity index (χ3v) is 3.68. The smallest absolute Gasteiger partial charge is 0.402 e. The molecule has 24 heavy (non-hydrogen) atoms. The fourth-order valence-electron chi connectivity index (χ4n) is 2.37. The lowest BCUT2D eigenvalue weighted by Gasteiger charge is -1.99. The van der Waals surface area contributed by atoms with E-state index in [1.807, 2.05) is 0 Å². The highest BCUT2D eigenvalue weighted by molar-refractivity contribution is 6.30. The van der Waals surface area contributed by atoms with Gasteiger partial charge in [-0.05, 0) is 32.1 Å². The van der Waals surface area contributed by atoms with Crippen LogP contribution < -0.4 is 5.73 Å². The summed E-state index contributed by atoms with van der Waals surface area (Å²) in [6, 6.07) is 0. The Labute approximate surface area is 148 Å². The summed E-state index contributed by atoms with van der Waals surface area (Å²) < 4.78 is 0. The van der Waals surface area contributed by atoms with Crippen molar-refractivity contribution in [3.8, 4) is 0 Å². The molecule has 5 nitrogen and oxygen atoms in total. The second-order valence-corrected chi connectivity index (χ2v) is 6.15. The average molecular weight is 343 g/mol. The number of amides is 1. The molecule has 0 atom stereocenters. The Balaban J connectivity index is 0. The second-order valence-electron chi connectivity index (χ2n) is 6.15. The minimum absolute atomic E-state index is 0.164. The van der Waals surface area contributed by atoms with Gasteiger partial charge in [0.15, 0.2) is 0 Å². The number of primary amides is 1. The molecule has 0 saturated carbocycles. The summed E-state index contributed by atoms with van der Waals surface area (Å²) in [4.78, 5) is 10.5. The summed E-state index contributed by atoms with van der Waals surface area (Å²) in [7, 11) is -2.17. The van der Waals surface area contributed by atoms with Gasteiger partial charge >= 0.3 is 7.32 Å². The van der Waals surface area contributed by atoms with Gasteiger partial charge in [0.05, 0.1) is 0 Å². The summed E-state index contributed by atoms with van der Waals surface area (Å²) in [6.45, 7) is 2.26. The zero-order valence-electron chi connectivity index (χ0n) is 15.5. The molecular weight excluding hydrogens is 305 g/mol. The monoisotopic (exact) mass is 343 g/mol. The maximum Gasteiger partial charge on any atom is 0.631 e. The number of carbonyl (C=O) groups is 1. The first-order valence-electron chi connectivity index (χ1n) is 9.48. The highest BCUT2D eigenvalue weighted by Gasteiger charge is 1.94. The quantitative estimate of drug-likeness (QED) is 0.208. The van der Waals surface area contributed by atoms with Crippen LogP contribution in [0.25, 0.3) is 0 Å². The fraction of sp³-hybridized carbons (Fsp3) is 0.833. The van der Waals surface area contributed by atoms with Gasteiger partial charge in [0.25, 0.3) is 0 Å². The lowest BCUT2D eigenvalue weighted by molar-refractivity contribution is -0.118. The topological polar surface area (TPSA) is 104 Å². The highest BCUT2D eigenvalue weighted by Crippen LogP contribution is 2.09. The first kappa shape index (κ1) is 25.4. The lowest BCUT2D eigenvalue weighted by atomic mass is 10.1. The molecule has 0 rings (SSSR count). The maximum atomic E-state index is 10.5. The molecule has 0 saturated heterocycles. The van der Waals surface area contributed by atoms with Crippen LogP contribution in [0.1, 0.15) is 96.8 Å². The summed E-state index contributed by atoms with van der Waals surface area (Å²) >= 11 is 0. The van der Waals surface area contributed by atoms with Gasteiger partial charge in [0, 0.05) is 6.42 Å². The van der Waals surface area contributed by atoms with Crippen molar-refractivity contribution in [2.24, 2.45) is 5.73 Å². The Hall–Kier alpha value is -0.845. The molecule has 142 valence electrons. The average Bonchev–Trinajstić information content (AvgIpc) is 2.50. The standard InChI is InChI=1S/C18H35NO.BH3O3/c1-2-3-4-5-6-7-8-9-10-11-12-13-14-15-16-17-18(19)20;2-1(3)4/h9-10H,2-8,11-17H2,1H3,(H2,19,20);2-4H/b10-9-;. The van der Waals surface area contributed by atoms with Crippen molar-refractivity contribution in [2.45, 2.75) is 96.8 Å². The highest BCUT2D eigenvalue weighted by atomic mass is 16.5. The normalized spacial score (nSPS) is 10.5. The van der Waals surface area contributed by atoms with Gasteiger partial charge in [-0.2, -0.15) is 0 Å². The number of nitrogens with two attached hydrogens (primary N) is 1. The van der Waals surface area contributed by atoms with Crippen LogP contribution in [0.15, 0.2) is 12.2 Å². The van der Waals surface area contributed by atoms with Crippen LogP contribution in [-0.2, 0) is 4.79 Å². The number of unbranched alkanes of at least 4 members (excludes halogenated alkanes) is 11. The van der Waals surface area contributed by atoms with E-state index in [0.717, 1.165) is 12.8 Å². The Morgan fingerprint density at radius 2 is 1.17 bits per heavy atom. The molecule has 0 heterocycles. The van der Waals surface area contributed by atoms with Crippen molar-refractivity contribution >= 4 is 13.2 Å². The van der Waals surface area contributed by atoms with Crippen molar-refractivity contribution in [1.82, 2.24) is 0 Å². The molecule has 0 aromatic heterocycles. The number of hydrogen-bond acceptors (Lipinski definition) is 4. The molecule has 0 spiro atoms. The van der Waals surface area contributed by atoms with Crippen LogP contribution in [0.5, 0.6) is 0 Å². The fourth-order valence-corrected chi connectivity index (χ4v) is 2.37. The van der Waals surface area contributed by atoms with E-state index in [9.17, 15) is 4.79 Å². The van der Waals surface area contributed by atoms with E-state index in [-0.39, 0.29) is 5.91 Å². The van der Waals surface area contributed by atoms with Crippen molar-refractivity contribution in [3.63, 3.8) is 0 Å². The van der Waals surface area contributed by atoms with E-state index in [1.165, 1.54) is 70.6 Å². The second kappa shape index (κ2) is 22.2. The van der Waals surface area contributed by atoms with Crippen molar-refractivity contribution < 1.29 is 19.9 Å².